The first-order chi connectivity index (χ1) is 9.42. The monoisotopic (exact) mass is 353 g/mol. The van der Waals surface area contributed by atoms with Crippen molar-refractivity contribution >= 4 is 15.9 Å². The second-order valence-electron chi connectivity index (χ2n) is 4.50. The quantitative estimate of drug-likeness (QED) is 0.685. The van der Waals surface area contributed by atoms with Gasteiger partial charge >= 0.3 is 6.18 Å². The standard InChI is InChI=1S/C14H19BrF3NO/c1-2-7-19-10-11-9-12(4-5-13(11)15)20-8-3-6-14(16,17)18/h4-5,9,19H,2-3,6-8,10H2,1H3. The Balaban J connectivity index is 2.44. The lowest BCUT2D eigenvalue weighted by atomic mass is 10.2. The van der Waals surface area contributed by atoms with Gasteiger partial charge in [-0.25, -0.2) is 0 Å². The molecule has 1 aromatic carbocycles. The van der Waals surface area contributed by atoms with Crippen molar-refractivity contribution in [1.82, 2.24) is 5.32 Å². The van der Waals surface area contributed by atoms with E-state index in [1.165, 1.54) is 0 Å². The average Bonchev–Trinajstić information content (AvgIpc) is 2.37. The van der Waals surface area contributed by atoms with E-state index in [9.17, 15) is 13.2 Å². The Morgan fingerprint density at radius 3 is 2.70 bits per heavy atom. The number of halogens is 4. The zero-order chi connectivity index (χ0) is 15.0. The number of rotatable bonds is 8. The molecule has 0 spiro atoms. The summed E-state index contributed by atoms with van der Waals surface area (Å²) in [5.74, 6) is 0.601. The van der Waals surface area contributed by atoms with Crippen LogP contribution in [0.25, 0.3) is 0 Å². The molecule has 6 heteroatoms. The molecule has 0 aliphatic heterocycles. The maximum absolute atomic E-state index is 12.0. The van der Waals surface area contributed by atoms with Crippen molar-refractivity contribution in [3.05, 3.63) is 28.2 Å². The topological polar surface area (TPSA) is 21.3 Å². The molecule has 0 saturated heterocycles. The predicted octanol–water partition coefficient (Wildman–Crippen LogP) is 4.67. The summed E-state index contributed by atoms with van der Waals surface area (Å²) in [5, 5.41) is 3.27. The van der Waals surface area contributed by atoms with Crippen LogP contribution in [0.15, 0.2) is 22.7 Å². The second kappa shape index (κ2) is 8.52. The van der Waals surface area contributed by atoms with Gasteiger partial charge in [0, 0.05) is 17.4 Å². The molecule has 0 aromatic heterocycles. The van der Waals surface area contributed by atoms with E-state index in [1.807, 2.05) is 12.1 Å². The molecule has 0 aliphatic rings. The molecule has 0 aliphatic carbocycles. The maximum Gasteiger partial charge on any atom is 0.389 e. The highest BCUT2D eigenvalue weighted by Gasteiger charge is 2.26. The molecule has 1 aromatic rings. The fourth-order valence-corrected chi connectivity index (χ4v) is 2.03. The highest BCUT2D eigenvalue weighted by molar-refractivity contribution is 9.10. The van der Waals surface area contributed by atoms with Crippen LogP contribution in [0.1, 0.15) is 31.7 Å². The Bertz CT molecular complexity index is 410. The first kappa shape index (κ1) is 17.3. The minimum atomic E-state index is -4.11. The van der Waals surface area contributed by atoms with E-state index in [0.29, 0.717) is 12.3 Å². The molecule has 0 bridgehead atoms. The molecule has 114 valence electrons. The van der Waals surface area contributed by atoms with Gasteiger partial charge in [0.25, 0.3) is 0 Å². The fraction of sp³-hybridized carbons (Fsp3) is 0.571. The zero-order valence-corrected chi connectivity index (χ0v) is 13.0. The first-order valence-electron chi connectivity index (χ1n) is 6.61. The Morgan fingerprint density at radius 2 is 2.05 bits per heavy atom. The maximum atomic E-state index is 12.0. The van der Waals surface area contributed by atoms with Crippen LogP contribution in [0, 0.1) is 0 Å². The van der Waals surface area contributed by atoms with Gasteiger partial charge in [-0.15, -0.1) is 0 Å². The molecular weight excluding hydrogens is 335 g/mol. The van der Waals surface area contributed by atoms with Crippen molar-refractivity contribution in [2.24, 2.45) is 0 Å². The molecule has 0 radical (unpaired) electrons. The van der Waals surface area contributed by atoms with E-state index in [-0.39, 0.29) is 13.0 Å². The third-order valence-electron chi connectivity index (χ3n) is 2.63. The minimum Gasteiger partial charge on any atom is -0.494 e. The van der Waals surface area contributed by atoms with Crippen molar-refractivity contribution in [2.45, 2.75) is 38.9 Å². The molecular formula is C14H19BrF3NO. The van der Waals surface area contributed by atoms with Gasteiger partial charge in [-0.2, -0.15) is 13.2 Å². The molecule has 1 N–H and O–H groups in total. The molecule has 2 nitrogen and oxygen atoms in total. The fourth-order valence-electron chi connectivity index (χ4n) is 1.64. The van der Waals surface area contributed by atoms with Crippen LogP contribution in [0.3, 0.4) is 0 Å². The van der Waals surface area contributed by atoms with Crippen molar-refractivity contribution in [1.29, 1.82) is 0 Å². The Hall–Kier alpha value is -0.750. The van der Waals surface area contributed by atoms with Gasteiger partial charge in [-0.3, -0.25) is 0 Å². The van der Waals surface area contributed by atoms with Crippen molar-refractivity contribution in [3.63, 3.8) is 0 Å². The SMILES string of the molecule is CCCNCc1cc(OCCCC(F)(F)F)ccc1Br. The van der Waals surface area contributed by atoms with Crippen LogP contribution in [-0.2, 0) is 6.54 Å². The Labute approximate surface area is 125 Å². The van der Waals surface area contributed by atoms with Gasteiger partial charge in [0.2, 0.25) is 0 Å². The van der Waals surface area contributed by atoms with Crippen LogP contribution < -0.4 is 10.1 Å². The molecule has 0 fully saturated rings. The van der Waals surface area contributed by atoms with Crippen LogP contribution in [0.5, 0.6) is 5.75 Å². The molecule has 1 rings (SSSR count). The van der Waals surface area contributed by atoms with E-state index in [0.717, 1.165) is 23.0 Å². The summed E-state index contributed by atoms with van der Waals surface area (Å²) in [6.07, 6.45) is -3.90. The summed E-state index contributed by atoms with van der Waals surface area (Å²) in [4.78, 5) is 0. The van der Waals surface area contributed by atoms with Gasteiger partial charge in [-0.05, 0) is 43.1 Å². The smallest absolute Gasteiger partial charge is 0.389 e. The van der Waals surface area contributed by atoms with Crippen LogP contribution in [0.2, 0.25) is 0 Å². The number of alkyl halides is 3. The van der Waals surface area contributed by atoms with E-state index in [1.54, 1.807) is 6.07 Å². The minimum absolute atomic E-state index is 0.0248. The molecule has 0 saturated carbocycles. The summed E-state index contributed by atoms with van der Waals surface area (Å²) in [6, 6.07) is 5.45. The van der Waals surface area contributed by atoms with E-state index >= 15 is 0 Å². The van der Waals surface area contributed by atoms with Gasteiger partial charge in [-0.1, -0.05) is 22.9 Å². The van der Waals surface area contributed by atoms with E-state index in [4.69, 9.17) is 4.74 Å². The van der Waals surface area contributed by atoms with Gasteiger partial charge < -0.3 is 10.1 Å². The van der Waals surface area contributed by atoms with E-state index in [2.05, 4.69) is 28.2 Å². The third-order valence-corrected chi connectivity index (χ3v) is 3.41. The van der Waals surface area contributed by atoms with Crippen LogP contribution >= 0.6 is 15.9 Å². The summed E-state index contributed by atoms with van der Waals surface area (Å²) in [6.45, 7) is 3.78. The summed E-state index contributed by atoms with van der Waals surface area (Å²) in [5.41, 5.74) is 1.03. The number of hydrogen-bond donors (Lipinski definition) is 1. The highest BCUT2D eigenvalue weighted by atomic mass is 79.9. The molecule has 0 unspecified atom stereocenters. The largest absolute Gasteiger partial charge is 0.494 e. The summed E-state index contributed by atoms with van der Waals surface area (Å²) >= 11 is 3.45. The Kier molecular flexibility index (Phi) is 7.37. The summed E-state index contributed by atoms with van der Waals surface area (Å²) < 4.78 is 42.3. The number of hydrogen-bond acceptors (Lipinski definition) is 2. The van der Waals surface area contributed by atoms with Crippen molar-refractivity contribution in [2.75, 3.05) is 13.2 Å². The molecule has 0 amide bonds. The van der Waals surface area contributed by atoms with Gasteiger partial charge in [0.1, 0.15) is 5.75 Å². The van der Waals surface area contributed by atoms with Crippen LogP contribution in [-0.4, -0.2) is 19.3 Å². The summed E-state index contributed by atoms with van der Waals surface area (Å²) in [7, 11) is 0. The lowest BCUT2D eigenvalue weighted by Gasteiger charge is -2.11. The highest BCUT2D eigenvalue weighted by Crippen LogP contribution is 2.24. The lowest BCUT2D eigenvalue weighted by Crippen LogP contribution is -2.14. The molecule has 0 heterocycles. The van der Waals surface area contributed by atoms with E-state index < -0.39 is 12.6 Å². The number of benzene rings is 1. The van der Waals surface area contributed by atoms with Crippen molar-refractivity contribution < 1.29 is 17.9 Å². The number of nitrogens with one attached hydrogen (secondary N) is 1. The van der Waals surface area contributed by atoms with Gasteiger partial charge in [0.05, 0.1) is 6.61 Å². The Morgan fingerprint density at radius 1 is 1.30 bits per heavy atom. The third kappa shape index (κ3) is 7.14. The van der Waals surface area contributed by atoms with Crippen LogP contribution in [0.4, 0.5) is 13.2 Å². The average molecular weight is 354 g/mol. The lowest BCUT2D eigenvalue weighted by molar-refractivity contribution is -0.136. The van der Waals surface area contributed by atoms with Crippen molar-refractivity contribution in [3.8, 4) is 5.75 Å². The predicted molar refractivity (Wildman–Crippen MR) is 76.9 cm³/mol. The normalized spacial score (nSPS) is 11.7. The molecule has 0 atom stereocenters. The van der Waals surface area contributed by atoms with Gasteiger partial charge in [0.15, 0.2) is 0 Å². The zero-order valence-electron chi connectivity index (χ0n) is 11.4. The second-order valence-corrected chi connectivity index (χ2v) is 5.35. The first-order valence-corrected chi connectivity index (χ1v) is 7.40. The number of ether oxygens (including phenoxy) is 1. The molecule has 20 heavy (non-hydrogen) atoms.